The average molecular weight is 295 g/mol. The molecule has 0 saturated carbocycles. The Morgan fingerprint density at radius 2 is 1.21 bits per heavy atom. The minimum Gasteiger partial charge on any atom is -0.463 e. The molecule has 0 aliphatic rings. The van der Waals surface area contributed by atoms with Gasteiger partial charge >= 0.3 is 17.6 Å². The minimum atomic E-state index is -3.56. The first-order valence-electron chi connectivity index (χ1n) is 5.98. The van der Waals surface area contributed by atoms with Crippen molar-refractivity contribution in [3.63, 3.8) is 0 Å². The molecule has 0 unspecified atom stereocenters. The van der Waals surface area contributed by atoms with E-state index in [1.165, 1.54) is 0 Å². The lowest BCUT2D eigenvalue weighted by molar-refractivity contribution is -0.140. The third-order valence-corrected chi connectivity index (χ3v) is 4.37. The number of esters is 2. The van der Waals surface area contributed by atoms with Crippen molar-refractivity contribution in [1.82, 2.24) is 0 Å². The molecule has 0 atom stereocenters. The summed E-state index contributed by atoms with van der Waals surface area (Å²) in [6.45, 7) is 5.07. The van der Waals surface area contributed by atoms with Gasteiger partial charge in [0.15, 0.2) is 12.3 Å². The largest absolute Gasteiger partial charge is 0.481 e. The molecule has 0 fully saturated rings. The maximum Gasteiger partial charge on any atom is 0.481 e. The minimum absolute atomic E-state index is 0.0484. The van der Waals surface area contributed by atoms with Crippen LogP contribution in [0.2, 0.25) is 0 Å². The molecule has 110 valence electrons. The maximum absolute atomic E-state index is 11.7. The van der Waals surface area contributed by atoms with E-state index in [-0.39, 0.29) is 19.8 Å². The first kappa shape index (κ1) is 17.8. The van der Waals surface area contributed by atoms with Gasteiger partial charge in [0.1, 0.15) is 0 Å². The Morgan fingerprint density at radius 3 is 1.53 bits per heavy atom. The van der Waals surface area contributed by atoms with E-state index in [4.69, 9.17) is 4.74 Å². The number of hydrogen-bond acceptors (Lipinski definition) is 7. The second-order valence-corrected chi connectivity index (χ2v) is 6.39. The summed E-state index contributed by atoms with van der Waals surface area (Å²) in [6.07, 6.45) is -1.09. The predicted molar refractivity (Wildman–Crippen MR) is 69.2 cm³/mol. The molecule has 0 saturated heterocycles. The van der Waals surface area contributed by atoms with Crippen LogP contribution in [-0.2, 0) is 23.8 Å². The number of carbonyl (C=O) groups excluding carboxylic acids is 3. The van der Waals surface area contributed by atoms with Crippen molar-refractivity contribution in [2.45, 2.75) is 20.8 Å². The van der Waals surface area contributed by atoms with Crippen LogP contribution in [0.15, 0.2) is 0 Å². The topological polar surface area (TPSA) is 99.1 Å². The monoisotopic (exact) mass is 295 g/mol. The second kappa shape index (κ2) is 8.82. The van der Waals surface area contributed by atoms with Crippen molar-refractivity contribution in [3.8, 4) is 0 Å². The van der Waals surface area contributed by atoms with E-state index < -0.39 is 37.5 Å². The van der Waals surface area contributed by atoms with E-state index in [9.17, 15) is 19.3 Å². The Hall–Kier alpha value is -1.20. The molecular formula is C11H20O7P+. The number of hydrogen-bond donors (Lipinski definition) is 1. The van der Waals surface area contributed by atoms with E-state index in [1.807, 2.05) is 0 Å². The Balaban J connectivity index is 4.85. The van der Waals surface area contributed by atoms with Gasteiger partial charge in [-0.25, -0.2) is 19.3 Å². The zero-order valence-corrected chi connectivity index (χ0v) is 12.3. The van der Waals surface area contributed by atoms with Crippen molar-refractivity contribution in [3.05, 3.63) is 0 Å². The maximum atomic E-state index is 11.7. The van der Waals surface area contributed by atoms with Crippen molar-refractivity contribution in [2.24, 2.45) is 0 Å². The highest BCUT2D eigenvalue weighted by Crippen LogP contribution is 2.56. The third-order valence-electron chi connectivity index (χ3n) is 2.00. The first-order valence-corrected chi connectivity index (χ1v) is 8.09. The van der Waals surface area contributed by atoms with Gasteiger partial charge in [-0.3, -0.25) is 0 Å². The molecule has 0 radical (unpaired) electrons. The van der Waals surface area contributed by atoms with Crippen molar-refractivity contribution >= 4 is 25.1 Å². The van der Waals surface area contributed by atoms with Crippen LogP contribution in [-0.4, -0.2) is 54.7 Å². The van der Waals surface area contributed by atoms with Crippen LogP contribution in [0, 0.1) is 0 Å². The van der Waals surface area contributed by atoms with E-state index in [2.05, 4.69) is 9.47 Å². The van der Waals surface area contributed by atoms with Crippen LogP contribution in [0.3, 0.4) is 0 Å². The summed E-state index contributed by atoms with van der Waals surface area (Å²) in [6, 6.07) is 0. The molecule has 19 heavy (non-hydrogen) atoms. The second-order valence-electron chi connectivity index (χ2n) is 3.55. The molecule has 0 bridgehead atoms. The van der Waals surface area contributed by atoms with Crippen molar-refractivity contribution in [2.75, 3.05) is 32.1 Å². The van der Waals surface area contributed by atoms with Gasteiger partial charge in [0.25, 0.3) is 7.49 Å². The number of ether oxygens (including phenoxy) is 3. The van der Waals surface area contributed by atoms with Gasteiger partial charge in [0.2, 0.25) is 0 Å². The van der Waals surface area contributed by atoms with E-state index in [0.29, 0.717) is 0 Å². The molecule has 7 nitrogen and oxygen atoms in total. The highest BCUT2D eigenvalue weighted by molar-refractivity contribution is 7.87. The quantitative estimate of drug-likeness (QED) is 0.408. The molecule has 0 aromatic carbocycles. The lowest BCUT2D eigenvalue weighted by atomic mass is 10.7. The zero-order chi connectivity index (χ0) is 14.9. The highest BCUT2D eigenvalue weighted by atomic mass is 31.2. The summed E-state index contributed by atoms with van der Waals surface area (Å²) in [5.74, 6) is -1.48. The van der Waals surface area contributed by atoms with Crippen LogP contribution >= 0.6 is 7.49 Å². The standard InChI is InChI=1S/C11H20O7P/c1-4-16-9(12)7-19(15,11(14)18-6-3)8-10(13)17-5-2/h15H,4-8H2,1-3H3/q+1. The summed E-state index contributed by atoms with van der Waals surface area (Å²) in [5, 5.41) is 0. The summed E-state index contributed by atoms with van der Waals surface area (Å²) in [7, 11) is -3.56. The summed E-state index contributed by atoms with van der Waals surface area (Å²) in [4.78, 5) is 44.7. The highest BCUT2D eigenvalue weighted by Gasteiger charge is 2.52. The molecule has 0 aromatic rings. The average Bonchev–Trinajstić information content (AvgIpc) is 2.29. The summed E-state index contributed by atoms with van der Waals surface area (Å²) < 4.78 is 14.1. The first-order chi connectivity index (χ1) is 8.89. The van der Waals surface area contributed by atoms with Gasteiger partial charge in [-0.15, -0.1) is 0 Å². The summed E-state index contributed by atoms with van der Waals surface area (Å²) >= 11 is 0. The fraction of sp³-hybridized carbons (Fsp3) is 0.727. The van der Waals surface area contributed by atoms with Gasteiger partial charge < -0.3 is 14.2 Å². The normalized spacial score (nSPS) is 10.7. The van der Waals surface area contributed by atoms with Gasteiger partial charge in [-0.05, 0) is 20.8 Å². The SMILES string of the molecule is CCOC(=O)C[P+](O)(CC(=O)OCC)C(=O)OCC. The Kier molecular flexibility index (Phi) is 8.27. The van der Waals surface area contributed by atoms with Gasteiger partial charge in [0, 0.05) is 0 Å². The Bertz CT molecular complexity index is 309. The zero-order valence-electron chi connectivity index (χ0n) is 11.4. The van der Waals surface area contributed by atoms with Gasteiger partial charge in [0.05, 0.1) is 19.8 Å². The van der Waals surface area contributed by atoms with Gasteiger partial charge in [-0.2, -0.15) is 0 Å². The molecule has 0 aromatic heterocycles. The predicted octanol–water partition coefficient (Wildman–Crippen LogP) is 1.19. The van der Waals surface area contributed by atoms with Crippen LogP contribution < -0.4 is 0 Å². The smallest absolute Gasteiger partial charge is 0.463 e. The van der Waals surface area contributed by atoms with E-state index in [0.717, 1.165) is 0 Å². The lowest BCUT2D eigenvalue weighted by Crippen LogP contribution is -2.25. The van der Waals surface area contributed by atoms with Crippen LogP contribution in [0.5, 0.6) is 0 Å². The van der Waals surface area contributed by atoms with E-state index >= 15 is 0 Å². The van der Waals surface area contributed by atoms with Crippen LogP contribution in [0.25, 0.3) is 0 Å². The molecule has 8 heteroatoms. The molecule has 1 N–H and O–H groups in total. The fourth-order valence-electron chi connectivity index (χ4n) is 1.27. The van der Waals surface area contributed by atoms with Crippen LogP contribution in [0.4, 0.5) is 4.79 Å². The lowest BCUT2D eigenvalue weighted by Gasteiger charge is -2.15. The Labute approximate surface area is 112 Å². The molecular weight excluding hydrogens is 275 g/mol. The fourth-order valence-corrected chi connectivity index (χ4v) is 3.05. The van der Waals surface area contributed by atoms with Gasteiger partial charge in [-0.1, -0.05) is 0 Å². The molecule has 0 aliphatic heterocycles. The molecule has 0 heterocycles. The van der Waals surface area contributed by atoms with Crippen molar-refractivity contribution in [1.29, 1.82) is 0 Å². The number of carbonyl (C=O) groups is 3. The molecule has 0 amide bonds. The van der Waals surface area contributed by atoms with Crippen LogP contribution in [0.1, 0.15) is 20.8 Å². The molecule has 0 rings (SSSR count). The Morgan fingerprint density at radius 1 is 0.842 bits per heavy atom. The summed E-state index contributed by atoms with van der Waals surface area (Å²) in [5.41, 5.74) is -0.934. The molecule has 0 spiro atoms. The van der Waals surface area contributed by atoms with E-state index in [1.54, 1.807) is 20.8 Å². The molecule has 0 aliphatic carbocycles. The third kappa shape index (κ3) is 6.50. The number of rotatable bonds is 8. The van der Waals surface area contributed by atoms with Crippen molar-refractivity contribution < 1.29 is 33.5 Å².